The molecule has 0 fully saturated rings. The van der Waals surface area contributed by atoms with Gasteiger partial charge in [-0.25, -0.2) is 4.79 Å². The van der Waals surface area contributed by atoms with Crippen molar-refractivity contribution >= 4 is 29.2 Å². The summed E-state index contributed by atoms with van der Waals surface area (Å²) in [5.41, 5.74) is 0.947. The summed E-state index contributed by atoms with van der Waals surface area (Å²) in [6.07, 6.45) is 1.61. The van der Waals surface area contributed by atoms with E-state index in [1.54, 1.807) is 42.5 Å². The predicted octanol–water partition coefficient (Wildman–Crippen LogP) is 3.72. The zero-order valence-electron chi connectivity index (χ0n) is 12.4. The monoisotopic (exact) mass is 329 g/mol. The van der Waals surface area contributed by atoms with E-state index in [9.17, 15) is 9.59 Å². The molecule has 1 amide bonds. The Morgan fingerprint density at radius 3 is 2.39 bits per heavy atom. The Morgan fingerprint density at radius 2 is 1.74 bits per heavy atom. The van der Waals surface area contributed by atoms with E-state index in [0.29, 0.717) is 12.2 Å². The van der Waals surface area contributed by atoms with Gasteiger partial charge in [-0.15, -0.1) is 6.58 Å². The molecule has 0 aliphatic carbocycles. The number of esters is 1. The molecule has 0 radical (unpaired) electrons. The van der Waals surface area contributed by atoms with Crippen molar-refractivity contribution < 1.29 is 14.3 Å². The molecule has 0 saturated carbocycles. The summed E-state index contributed by atoms with van der Waals surface area (Å²) in [6.45, 7) is 3.60. The summed E-state index contributed by atoms with van der Waals surface area (Å²) < 4.78 is 5.07. The van der Waals surface area contributed by atoms with E-state index < -0.39 is 5.97 Å². The summed E-state index contributed by atoms with van der Waals surface area (Å²) in [4.78, 5) is 25.8. The van der Waals surface area contributed by atoms with Gasteiger partial charge < -0.3 is 9.64 Å². The van der Waals surface area contributed by atoms with Gasteiger partial charge >= 0.3 is 5.97 Å². The highest BCUT2D eigenvalue weighted by Gasteiger charge is 2.18. The van der Waals surface area contributed by atoms with Crippen molar-refractivity contribution in [3.8, 4) is 0 Å². The van der Waals surface area contributed by atoms with Crippen molar-refractivity contribution in [1.82, 2.24) is 0 Å². The maximum absolute atomic E-state index is 12.3. The van der Waals surface area contributed by atoms with Crippen LogP contribution in [0.1, 0.15) is 10.4 Å². The van der Waals surface area contributed by atoms with E-state index in [1.165, 1.54) is 4.90 Å². The fraction of sp³-hybridized carbons (Fsp3) is 0.111. The largest absolute Gasteiger partial charge is 0.452 e. The van der Waals surface area contributed by atoms with E-state index >= 15 is 0 Å². The Kier molecular flexibility index (Phi) is 5.94. The molecule has 0 aliphatic rings. The lowest BCUT2D eigenvalue weighted by molar-refractivity contribution is -0.121. The molecule has 2 aromatic rings. The lowest BCUT2D eigenvalue weighted by Crippen LogP contribution is -2.34. The molecule has 0 N–H and O–H groups in total. The average molecular weight is 330 g/mol. The van der Waals surface area contributed by atoms with Gasteiger partial charge in [0.05, 0.1) is 10.6 Å². The topological polar surface area (TPSA) is 46.6 Å². The Balaban J connectivity index is 2.04. The molecule has 0 saturated heterocycles. The fourth-order valence-electron chi connectivity index (χ4n) is 2.00. The van der Waals surface area contributed by atoms with Crippen LogP contribution in [-0.4, -0.2) is 25.0 Å². The van der Waals surface area contributed by atoms with Crippen molar-refractivity contribution in [2.24, 2.45) is 0 Å². The van der Waals surface area contributed by atoms with Gasteiger partial charge in [-0.3, -0.25) is 4.79 Å². The molecular weight excluding hydrogens is 314 g/mol. The van der Waals surface area contributed by atoms with E-state index in [2.05, 4.69) is 6.58 Å². The number of amides is 1. The van der Waals surface area contributed by atoms with Crippen LogP contribution >= 0.6 is 11.6 Å². The summed E-state index contributed by atoms with van der Waals surface area (Å²) in [5.74, 6) is -0.966. The first kappa shape index (κ1) is 16.8. The standard InChI is InChI=1S/C18H16ClNO3/c1-2-12-20(14-8-4-3-5-9-14)17(21)13-23-18(22)15-10-6-7-11-16(15)19/h2-11H,1,12-13H2. The van der Waals surface area contributed by atoms with Gasteiger partial charge in [0.2, 0.25) is 0 Å². The zero-order valence-corrected chi connectivity index (χ0v) is 13.2. The summed E-state index contributed by atoms with van der Waals surface area (Å²) in [5, 5.41) is 0.288. The molecule has 0 heterocycles. The lowest BCUT2D eigenvalue weighted by atomic mass is 10.2. The van der Waals surface area contributed by atoms with E-state index in [0.717, 1.165) is 0 Å². The Labute approximate surface area is 139 Å². The van der Waals surface area contributed by atoms with Crippen LogP contribution in [0.25, 0.3) is 0 Å². The predicted molar refractivity (Wildman–Crippen MR) is 90.7 cm³/mol. The maximum Gasteiger partial charge on any atom is 0.340 e. The van der Waals surface area contributed by atoms with Crippen molar-refractivity contribution in [1.29, 1.82) is 0 Å². The van der Waals surface area contributed by atoms with Gasteiger partial charge in [-0.2, -0.15) is 0 Å². The summed E-state index contributed by atoms with van der Waals surface area (Å²) in [7, 11) is 0. The second-order valence-corrected chi connectivity index (χ2v) is 5.09. The molecule has 0 unspecified atom stereocenters. The Bertz CT molecular complexity index is 700. The molecule has 4 nitrogen and oxygen atoms in total. The number of nitrogens with zero attached hydrogens (tertiary/aromatic N) is 1. The average Bonchev–Trinajstić information content (AvgIpc) is 2.58. The Hall–Kier alpha value is -2.59. The van der Waals surface area contributed by atoms with E-state index in [-0.39, 0.29) is 23.1 Å². The first-order valence-electron chi connectivity index (χ1n) is 7.01. The number of carbonyl (C=O) groups excluding carboxylic acids is 2. The number of carbonyl (C=O) groups is 2. The molecule has 0 bridgehead atoms. The number of hydrogen-bond donors (Lipinski definition) is 0. The third kappa shape index (κ3) is 4.44. The van der Waals surface area contributed by atoms with Crippen LogP contribution < -0.4 is 4.90 Å². The SMILES string of the molecule is C=CCN(C(=O)COC(=O)c1ccccc1Cl)c1ccccc1. The van der Waals surface area contributed by atoms with Crippen LogP contribution in [0.3, 0.4) is 0 Å². The fourth-order valence-corrected chi connectivity index (χ4v) is 2.21. The van der Waals surface area contributed by atoms with Gasteiger partial charge in [0, 0.05) is 12.2 Å². The van der Waals surface area contributed by atoms with Crippen LogP contribution in [0.4, 0.5) is 5.69 Å². The number of hydrogen-bond acceptors (Lipinski definition) is 3. The molecule has 2 rings (SSSR count). The third-order valence-corrected chi connectivity index (χ3v) is 3.43. The summed E-state index contributed by atoms with van der Waals surface area (Å²) in [6, 6.07) is 15.7. The molecule has 2 aromatic carbocycles. The van der Waals surface area contributed by atoms with Crippen molar-refractivity contribution in [2.45, 2.75) is 0 Å². The van der Waals surface area contributed by atoms with Crippen LogP contribution in [0.2, 0.25) is 5.02 Å². The molecule has 0 atom stereocenters. The number of ether oxygens (including phenoxy) is 1. The van der Waals surface area contributed by atoms with E-state index in [1.807, 2.05) is 18.2 Å². The van der Waals surface area contributed by atoms with Gasteiger partial charge in [0.1, 0.15) is 0 Å². The number of anilines is 1. The second kappa shape index (κ2) is 8.15. The van der Waals surface area contributed by atoms with Crippen molar-refractivity contribution in [3.63, 3.8) is 0 Å². The zero-order chi connectivity index (χ0) is 16.7. The molecule has 118 valence electrons. The van der Waals surface area contributed by atoms with Crippen LogP contribution in [0.5, 0.6) is 0 Å². The highest BCUT2D eigenvalue weighted by atomic mass is 35.5. The molecular formula is C18H16ClNO3. The molecule has 0 aliphatic heterocycles. The van der Waals surface area contributed by atoms with Crippen LogP contribution in [0.15, 0.2) is 67.3 Å². The van der Waals surface area contributed by atoms with Crippen LogP contribution in [0, 0.1) is 0 Å². The van der Waals surface area contributed by atoms with Gasteiger partial charge in [-0.1, -0.05) is 48.0 Å². The second-order valence-electron chi connectivity index (χ2n) is 4.68. The normalized spacial score (nSPS) is 9.96. The summed E-state index contributed by atoms with van der Waals surface area (Å²) >= 11 is 5.93. The minimum Gasteiger partial charge on any atom is -0.452 e. The number of rotatable bonds is 6. The molecule has 23 heavy (non-hydrogen) atoms. The number of halogens is 1. The quantitative estimate of drug-likeness (QED) is 0.599. The van der Waals surface area contributed by atoms with E-state index in [4.69, 9.17) is 16.3 Å². The molecule has 0 aromatic heterocycles. The molecule has 5 heteroatoms. The van der Waals surface area contributed by atoms with Crippen molar-refractivity contribution in [2.75, 3.05) is 18.1 Å². The lowest BCUT2D eigenvalue weighted by Gasteiger charge is -2.21. The Morgan fingerprint density at radius 1 is 1.09 bits per heavy atom. The molecule has 0 spiro atoms. The first-order valence-corrected chi connectivity index (χ1v) is 7.39. The highest BCUT2D eigenvalue weighted by Crippen LogP contribution is 2.17. The maximum atomic E-state index is 12.3. The first-order chi connectivity index (χ1) is 11.1. The van der Waals surface area contributed by atoms with Crippen LogP contribution in [-0.2, 0) is 9.53 Å². The number of benzene rings is 2. The van der Waals surface area contributed by atoms with Gasteiger partial charge in [0.25, 0.3) is 5.91 Å². The highest BCUT2D eigenvalue weighted by molar-refractivity contribution is 6.33. The van der Waals surface area contributed by atoms with Gasteiger partial charge in [-0.05, 0) is 24.3 Å². The minimum atomic E-state index is -0.629. The minimum absolute atomic E-state index is 0.233. The van der Waals surface area contributed by atoms with Crippen molar-refractivity contribution in [3.05, 3.63) is 77.8 Å². The smallest absolute Gasteiger partial charge is 0.340 e. The number of para-hydroxylation sites is 1. The van der Waals surface area contributed by atoms with Gasteiger partial charge in [0.15, 0.2) is 6.61 Å². The third-order valence-electron chi connectivity index (χ3n) is 3.10.